The zero-order chi connectivity index (χ0) is 9.19. The summed E-state index contributed by atoms with van der Waals surface area (Å²) < 4.78 is 33.8. The third-order valence-electron chi connectivity index (χ3n) is 1.21. The standard InChI is InChI=1S/C6H7FN2O2S/c7-6-3-9-2-1-5(6)4-12(8,10)11/h1-3H,4H2,(H2,8,10,11). The Kier molecular flexibility index (Phi) is 2.39. The molecule has 1 heterocycles. The second-order valence-electron chi connectivity index (χ2n) is 2.27. The first-order valence-electron chi connectivity index (χ1n) is 3.08. The normalized spacial score (nSPS) is 11.5. The monoisotopic (exact) mass is 190 g/mol. The second kappa shape index (κ2) is 3.16. The first-order chi connectivity index (χ1) is 5.49. The van der Waals surface area contributed by atoms with E-state index in [1.54, 1.807) is 0 Å². The van der Waals surface area contributed by atoms with Gasteiger partial charge in [0.15, 0.2) is 0 Å². The average Bonchev–Trinajstić information content (AvgIpc) is 1.91. The van der Waals surface area contributed by atoms with Crippen LogP contribution in [0, 0.1) is 5.82 Å². The lowest BCUT2D eigenvalue weighted by atomic mass is 10.3. The van der Waals surface area contributed by atoms with Crippen molar-refractivity contribution in [2.24, 2.45) is 5.14 Å². The minimum atomic E-state index is -3.67. The summed E-state index contributed by atoms with van der Waals surface area (Å²) in [6.07, 6.45) is 2.25. The van der Waals surface area contributed by atoms with E-state index in [4.69, 9.17) is 5.14 Å². The lowest BCUT2D eigenvalue weighted by Gasteiger charge is -1.98. The van der Waals surface area contributed by atoms with Crippen LogP contribution in [0.15, 0.2) is 18.5 Å². The van der Waals surface area contributed by atoms with Gasteiger partial charge in [-0.05, 0) is 6.07 Å². The van der Waals surface area contributed by atoms with Gasteiger partial charge in [-0.2, -0.15) is 0 Å². The van der Waals surface area contributed by atoms with Crippen LogP contribution >= 0.6 is 0 Å². The van der Waals surface area contributed by atoms with Gasteiger partial charge in [0.05, 0.1) is 11.9 Å². The predicted molar refractivity (Wildman–Crippen MR) is 41.0 cm³/mol. The van der Waals surface area contributed by atoms with Crippen LogP contribution in [-0.2, 0) is 15.8 Å². The van der Waals surface area contributed by atoms with Crippen LogP contribution in [0.25, 0.3) is 0 Å². The summed E-state index contributed by atoms with van der Waals surface area (Å²) in [7, 11) is -3.67. The molecule has 0 saturated carbocycles. The molecule has 12 heavy (non-hydrogen) atoms. The van der Waals surface area contributed by atoms with E-state index in [0.717, 1.165) is 6.20 Å². The molecule has 1 aromatic rings. The minimum absolute atomic E-state index is 0.0347. The van der Waals surface area contributed by atoms with E-state index in [1.807, 2.05) is 0 Å². The van der Waals surface area contributed by atoms with Crippen molar-refractivity contribution in [2.45, 2.75) is 5.75 Å². The molecule has 0 spiro atoms. The Hall–Kier alpha value is -1.01. The maximum Gasteiger partial charge on any atom is 0.213 e. The van der Waals surface area contributed by atoms with Crippen molar-refractivity contribution in [3.63, 3.8) is 0 Å². The number of nitrogens with zero attached hydrogens (tertiary/aromatic N) is 1. The Bertz CT molecular complexity index is 377. The van der Waals surface area contributed by atoms with Gasteiger partial charge in [-0.15, -0.1) is 0 Å². The third kappa shape index (κ3) is 2.55. The van der Waals surface area contributed by atoms with Crippen LogP contribution < -0.4 is 5.14 Å². The van der Waals surface area contributed by atoms with Crippen LogP contribution in [-0.4, -0.2) is 13.4 Å². The summed E-state index contributed by atoms with van der Waals surface area (Å²) in [5.74, 6) is -1.16. The molecule has 0 aromatic carbocycles. The maximum atomic E-state index is 12.7. The highest BCUT2D eigenvalue weighted by Gasteiger charge is 2.08. The van der Waals surface area contributed by atoms with E-state index in [1.165, 1.54) is 12.3 Å². The highest BCUT2D eigenvalue weighted by atomic mass is 32.2. The van der Waals surface area contributed by atoms with Crippen LogP contribution in [0.4, 0.5) is 4.39 Å². The van der Waals surface area contributed by atoms with Crippen molar-refractivity contribution in [2.75, 3.05) is 0 Å². The van der Waals surface area contributed by atoms with Crippen molar-refractivity contribution in [3.8, 4) is 0 Å². The molecule has 6 heteroatoms. The van der Waals surface area contributed by atoms with Crippen LogP contribution in [0.3, 0.4) is 0 Å². The Morgan fingerprint density at radius 2 is 2.25 bits per heavy atom. The molecule has 0 aliphatic rings. The molecule has 0 fully saturated rings. The summed E-state index contributed by atoms with van der Waals surface area (Å²) in [5.41, 5.74) is 0.0347. The van der Waals surface area contributed by atoms with Crippen LogP contribution in [0.5, 0.6) is 0 Å². The van der Waals surface area contributed by atoms with Gasteiger partial charge in [0.2, 0.25) is 10.0 Å². The molecule has 0 aliphatic heterocycles. The predicted octanol–water partition coefficient (Wildman–Crippen LogP) is 0.00920. The highest BCUT2D eigenvalue weighted by molar-refractivity contribution is 7.88. The van der Waals surface area contributed by atoms with Gasteiger partial charge in [0.1, 0.15) is 5.82 Å². The fraction of sp³-hybridized carbons (Fsp3) is 0.167. The zero-order valence-electron chi connectivity index (χ0n) is 6.07. The Morgan fingerprint density at radius 3 is 2.75 bits per heavy atom. The van der Waals surface area contributed by atoms with Gasteiger partial charge in [0.25, 0.3) is 0 Å². The smallest absolute Gasteiger partial charge is 0.213 e. The van der Waals surface area contributed by atoms with Crippen LogP contribution in [0.2, 0.25) is 0 Å². The molecule has 0 aliphatic carbocycles. The van der Waals surface area contributed by atoms with E-state index in [-0.39, 0.29) is 5.56 Å². The van der Waals surface area contributed by atoms with Crippen molar-refractivity contribution in [1.82, 2.24) is 4.98 Å². The molecule has 66 valence electrons. The van der Waals surface area contributed by atoms with Crippen molar-refractivity contribution in [1.29, 1.82) is 0 Å². The second-order valence-corrected chi connectivity index (χ2v) is 3.89. The lowest BCUT2D eigenvalue weighted by molar-refractivity contribution is 0.586. The molecule has 0 unspecified atom stereocenters. The fourth-order valence-corrected chi connectivity index (χ4v) is 1.41. The van der Waals surface area contributed by atoms with Gasteiger partial charge in [0, 0.05) is 11.8 Å². The number of halogens is 1. The summed E-state index contributed by atoms with van der Waals surface area (Å²) >= 11 is 0. The first kappa shape index (κ1) is 9.08. The first-order valence-corrected chi connectivity index (χ1v) is 4.79. The molecule has 1 rings (SSSR count). The van der Waals surface area contributed by atoms with Crippen molar-refractivity contribution < 1.29 is 12.8 Å². The number of hydrogen-bond donors (Lipinski definition) is 1. The summed E-state index contributed by atoms with van der Waals surface area (Å²) in [5, 5.41) is 4.72. The molecular formula is C6H7FN2O2S. The summed E-state index contributed by atoms with van der Waals surface area (Å²) in [4.78, 5) is 3.46. The van der Waals surface area contributed by atoms with E-state index in [9.17, 15) is 12.8 Å². The molecule has 0 radical (unpaired) electrons. The zero-order valence-corrected chi connectivity index (χ0v) is 6.88. The third-order valence-corrected chi connectivity index (χ3v) is 1.93. The highest BCUT2D eigenvalue weighted by Crippen LogP contribution is 2.06. The van der Waals surface area contributed by atoms with Crippen molar-refractivity contribution >= 4 is 10.0 Å². The average molecular weight is 190 g/mol. The number of pyridine rings is 1. The molecular weight excluding hydrogens is 183 g/mol. The topological polar surface area (TPSA) is 73.1 Å². The SMILES string of the molecule is NS(=O)(=O)Cc1ccncc1F. The molecule has 4 nitrogen and oxygen atoms in total. The van der Waals surface area contributed by atoms with Gasteiger partial charge in [-0.25, -0.2) is 17.9 Å². The number of hydrogen-bond acceptors (Lipinski definition) is 3. The number of nitrogens with two attached hydrogens (primary N) is 1. The molecule has 0 bridgehead atoms. The largest absolute Gasteiger partial charge is 0.262 e. The lowest BCUT2D eigenvalue weighted by Crippen LogP contribution is -2.15. The minimum Gasteiger partial charge on any atom is -0.262 e. The number of aromatic nitrogens is 1. The Labute approximate surface area is 69.3 Å². The van der Waals surface area contributed by atoms with Crippen LogP contribution in [0.1, 0.15) is 5.56 Å². The summed E-state index contributed by atoms with van der Waals surface area (Å²) in [6, 6.07) is 1.28. The van der Waals surface area contributed by atoms with Gasteiger partial charge in [-0.3, -0.25) is 4.98 Å². The molecule has 1 aromatic heterocycles. The molecule has 0 amide bonds. The molecule has 0 saturated heterocycles. The molecule has 0 atom stereocenters. The quantitative estimate of drug-likeness (QED) is 0.713. The van der Waals surface area contributed by atoms with E-state index in [0.29, 0.717) is 0 Å². The fourth-order valence-electron chi connectivity index (χ4n) is 0.738. The van der Waals surface area contributed by atoms with E-state index in [2.05, 4.69) is 4.98 Å². The summed E-state index contributed by atoms with van der Waals surface area (Å²) in [6.45, 7) is 0. The number of primary sulfonamides is 1. The Balaban J connectivity index is 2.98. The van der Waals surface area contributed by atoms with Gasteiger partial charge in [-0.1, -0.05) is 0 Å². The van der Waals surface area contributed by atoms with Gasteiger partial charge >= 0.3 is 0 Å². The Morgan fingerprint density at radius 1 is 1.58 bits per heavy atom. The van der Waals surface area contributed by atoms with E-state index < -0.39 is 21.6 Å². The maximum absolute atomic E-state index is 12.7. The van der Waals surface area contributed by atoms with E-state index >= 15 is 0 Å². The number of sulfonamides is 1. The van der Waals surface area contributed by atoms with Gasteiger partial charge < -0.3 is 0 Å². The molecule has 2 N–H and O–H groups in total. The van der Waals surface area contributed by atoms with Crippen molar-refractivity contribution in [3.05, 3.63) is 29.8 Å². The number of rotatable bonds is 2.